The summed E-state index contributed by atoms with van der Waals surface area (Å²) in [6, 6.07) is 14.2. The lowest BCUT2D eigenvalue weighted by atomic mass is 10.2. The van der Waals surface area contributed by atoms with Gasteiger partial charge in [-0.15, -0.1) is 11.3 Å². The van der Waals surface area contributed by atoms with Crippen LogP contribution in [0.3, 0.4) is 0 Å². The molecule has 2 aromatic heterocycles. The van der Waals surface area contributed by atoms with Crippen LogP contribution in [-0.4, -0.2) is 39.7 Å². The largest absolute Gasteiger partial charge is 0.587 e. The highest BCUT2D eigenvalue weighted by molar-refractivity contribution is 7.90. The molecule has 5 nitrogen and oxygen atoms in total. The van der Waals surface area contributed by atoms with E-state index in [0.29, 0.717) is 0 Å². The summed E-state index contributed by atoms with van der Waals surface area (Å²) in [6.07, 6.45) is 1.94. The predicted octanol–water partition coefficient (Wildman–Crippen LogP) is 3.54. The summed E-state index contributed by atoms with van der Waals surface area (Å²) in [7, 11) is 0. The van der Waals surface area contributed by atoms with Gasteiger partial charge in [-0.3, -0.25) is 0 Å². The maximum absolute atomic E-state index is 13.3. The monoisotopic (exact) mass is 396 g/mol. The highest BCUT2D eigenvalue weighted by Crippen LogP contribution is 2.31. The first-order chi connectivity index (χ1) is 13.2. The van der Waals surface area contributed by atoms with Crippen LogP contribution >= 0.6 is 11.3 Å². The topological polar surface area (TPSA) is 56.2 Å². The maximum atomic E-state index is 13.3. The van der Waals surface area contributed by atoms with E-state index in [9.17, 15) is 4.55 Å². The molecular weight excluding hydrogens is 376 g/mol. The maximum Gasteiger partial charge on any atom is 0.182 e. The standard InChI is InChI=1S/C20H20N4OS2/c1-14-22-17-6-5-15(13-20(17)26-14)27(25)24-10-7-16-18(3-2-4-19(16)24)23-11-8-21-9-12-23/h2-7,10,13,21H,8-9,11-12H2,1H3. The van der Waals surface area contributed by atoms with E-state index >= 15 is 0 Å². The molecule has 5 rings (SSSR count). The van der Waals surface area contributed by atoms with Gasteiger partial charge in [0, 0.05) is 43.3 Å². The fourth-order valence-electron chi connectivity index (χ4n) is 3.70. The van der Waals surface area contributed by atoms with E-state index in [1.54, 1.807) is 11.3 Å². The summed E-state index contributed by atoms with van der Waals surface area (Å²) in [4.78, 5) is 7.69. The Hall–Kier alpha value is -2.06. The molecule has 1 aliphatic rings. The Balaban J connectivity index is 1.55. The second-order valence-corrected chi connectivity index (χ2v) is 9.30. The first-order valence-corrected chi connectivity index (χ1v) is 11.0. The molecule has 0 radical (unpaired) electrons. The number of hydrogen-bond acceptors (Lipinski definition) is 5. The molecule has 1 aliphatic heterocycles. The van der Waals surface area contributed by atoms with Crippen LogP contribution < -0.4 is 10.2 Å². The Bertz CT molecular complexity index is 1110. The van der Waals surface area contributed by atoms with Crippen molar-refractivity contribution in [2.45, 2.75) is 11.8 Å². The first kappa shape index (κ1) is 17.1. The van der Waals surface area contributed by atoms with Crippen molar-refractivity contribution in [2.75, 3.05) is 31.1 Å². The van der Waals surface area contributed by atoms with E-state index in [4.69, 9.17) is 0 Å². The minimum Gasteiger partial charge on any atom is -0.587 e. The number of anilines is 1. The van der Waals surface area contributed by atoms with Gasteiger partial charge in [0.15, 0.2) is 4.90 Å². The van der Waals surface area contributed by atoms with Crippen LogP contribution in [0.25, 0.3) is 21.1 Å². The van der Waals surface area contributed by atoms with Crippen molar-refractivity contribution >= 4 is 49.5 Å². The molecule has 7 heteroatoms. The third-order valence-corrected chi connectivity index (χ3v) is 7.25. The van der Waals surface area contributed by atoms with Crippen molar-refractivity contribution in [3.05, 3.63) is 53.7 Å². The average Bonchev–Trinajstić information content (AvgIpc) is 3.29. The lowest BCUT2D eigenvalue weighted by molar-refractivity contribution is 0.588. The molecule has 27 heavy (non-hydrogen) atoms. The van der Waals surface area contributed by atoms with Gasteiger partial charge in [0.05, 0.1) is 26.9 Å². The van der Waals surface area contributed by atoms with Gasteiger partial charge in [-0.05, 0) is 37.3 Å². The van der Waals surface area contributed by atoms with Crippen molar-refractivity contribution in [3.63, 3.8) is 0 Å². The van der Waals surface area contributed by atoms with Gasteiger partial charge >= 0.3 is 0 Å². The lowest BCUT2D eigenvalue weighted by Gasteiger charge is -2.30. The molecule has 0 bridgehead atoms. The van der Waals surface area contributed by atoms with Crippen LogP contribution in [-0.2, 0) is 11.4 Å². The Morgan fingerprint density at radius 3 is 2.85 bits per heavy atom. The van der Waals surface area contributed by atoms with Crippen LogP contribution in [0, 0.1) is 6.92 Å². The minimum absolute atomic E-state index is 0.802. The average molecular weight is 397 g/mol. The molecule has 0 aliphatic carbocycles. The lowest BCUT2D eigenvalue weighted by Crippen LogP contribution is -2.43. The summed E-state index contributed by atoms with van der Waals surface area (Å²) < 4.78 is 16.2. The molecule has 4 aromatic rings. The number of nitrogens with zero attached hydrogens (tertiary/aromatic N) is 3. The Labute approximate surface area is 164 Å². The number of aryl methyl sites for hydroxylation is 1. The van der Waals surface area contributed by atoms with Crippen LogP contribution in [0.4, 0.5) is 5.69 Å². The second-order valence-electron chi connectivity index (χ2n) is 6.70. The number of piperazine rings is 1. The first-order valence-electron chi connectivity index (χ1n) is 9.06. The van der Waals surface area contributed by atoms with Crippen LogP contribution in [0.1, 0.15) is 5.01 Å². The van der Waals surface area contributed by atoms with Gasteiger partial charge in [-0.25, -0.2) is 4.98 Å². The number of aromatic nitrogens is 2. The van der Waals surface area contributed by atoms with E-state index in [0.717, 1.165) is 57.2 Å². The van der Waals surface area contributed by atoms with Gasteiger partial charge in [-0.2, -0.15) is 3.97 Å². The molecule has 1 atom stereocenters. The highest BCUT2D eigenvalue weighted by atomic mass is 32.2. The molecule has 0 amide bonds. The van der Waals surface area contributed by atoms with Crippen LogP contribution in [0.5, 0.6) is 0 Å². The summed E-state index contributed by atoms with van der Waals surface area (Å²) >= 11 is 0.353. The van der Waals surface area contributed by atoms with Crippen molar-refractivity contribution in [1.29, 1.82) is 0 Å². The zero-order valence-electron chi connectivity index (χ0n) is 15.0. The normalized spacial score (nSPS) is 16.3. The Morgan fingerprint density at radius 1 is 1.15 bits per heavy atom. The molecule has 0 spiro atoms. The molecule has 2 aromatic carbocycles. The molecular formula is C20H20N4OS2. The van der Waals surface area contributed by atoms with E-state index in [2.05, 4.69) is 33.4 Å². The van der Waals surface area contributed by atoms with E-state index in [-0.39, 0.29) is 0 Å². The minimum atomic E-state index is -1.29. The molecule has 1 unspecified atom stereocenters. The second kappa shape index (κ2) is 6.83. The van der Waals surface area contributed by atoms with E-state index < -0.39 is 11.4 Å². The zero-order chi connectivity index (χ0) is 18.4. The van der Waals surface area contributed by atoms with Crippen molar-refractivity contribution in [3.8, 4) is 0 Å². The number of thiazole rings is 1. The molecule has 3 heterocycles. The van der Waals surface area contributed by atoms with Crippen molar-refractivity contribution < 1.29 is 4.55 Å². The molecule has 0 saturated carbocycles. The quantitative estimate of drug-likeness (QED) is 0.538. The predicted molar refractivity (Wildman–Crippen MR) is 113 cm³/mol. The summed E-state index contributed by atoms with van der Waals surface area (Å²) in [5.41, 5.74) is 3.19. The number of rotatable bonds is 3. The smallest absolute Gasteiger partial charge is 0.182 e. The number of hydrogen-bond donors (Lipinski definition) is 1. The van der Waals surface area contributed by atoms with Gasteiger partial charge in [0.25, 0.3) is 0 Å². The zero-order valence-corrected chi connectivity index (χ0v) is 16.6. The van der Waals surface area contributed by atoms with Crippen molar-refractivity contribution in [1.82, 2.24) is 14.3 Å². The molecule has 138 valence electrons. The van der Waals surface area contributed by atoms with Gasteiger partial charge in [0.2, 0.25) is 0 Å². The highest BCUT2D eigenvalue weighted by Gasteiger charge is 2.21. The number of nitrogens with one attached hydrogen (secondary N) is 1. The Morgan fingerprint density at radius 2 is 2.00 bits per heavy atom. The molecule has 1 N–H and O–H groups in total. The molecule has 1 saturated heterocycles. The van der Waals surface area contributed by atoms with Crippen LogP contribution in [0.2, 0.25) is 0 Å². The third-order valence-electron chi connectivity index (χ3n) is 4.98. The fourth-order valence-corrected chi connectivity index (χ4v) is 5.78. The SMILES string of the molecule is Cc1nc2ccc([S+]([O-])n3ccc4c(N5CCNCC5)cccc43)cc2s1. The summed E-state index contributed by atoms with van der Waals surface area (Å²) in [6.45, 7) is 5.98. The third kappa shape index (κ3) is 3.00. The van der Waals surface area contributed by atoms with Gasteiger partial charge in [-0.1, -0.05) is 6.07 Å². The number of fused-ring (bicyclic) bond motifs is 2. The van der Waals surface area contributed by atoms with Crippen LogP contribution in [0.15, 0.2) is 53.6 Å². The van der Waals surface area contributed by atoms with E-state index in [1.807, 2.05) is 41.4 Å². The van der Waals surface area contributed by atoms with Gasteiger partial charge < -0.3 is 14.8 Å². The van der Waals surface area contributed by atoms with Crippen molar-refractivity contribution in [2.24, 2.45) is 0 Å². The van der Waals surface area contributed by atoms with Gasteiger partial charge in [0.1, 0.15) is 11.4 Å². The Kier molecular flexibility index (Phi) is 4.32. The summed E-state index contributed by atoms with van der Waals surface area (Å²) in [5, 5.41) is 5.58. The fraction of sp³-hybridized carbons (Fsp3) is 0.250. The summed E-state index contributed by atoms with van der Waals surface area (Å²) in [5.74, 6) is 0. The van der Waals surface area contributed by atoms with E-state index in [1.165, 1.54) is 5.69 Å². The number of benzene rings is 2. The molecule has 1 fully saturated rings.